The molecule has 0 aliphatic carbocycles. The summed E-state index contributed by atoms with van der Waals surface area (Å²) in [4.78, 5) is 0. The van der Waals surface area contributed by atoms with Crippen LogP contribution in [0.4, 0.5) is 0 Å². The summed E-state index contributed by atoms with van der Waals surface area (Å²) in [5, 5.41) is 3.35. The van der Waals surface area contributed by atoms with Crippen molar-refractivity contribution in [3.63, 3.8) is 0 Å². The highest BCUT2D eigenvalue weighted by atomic mass is 16.5. The first-order valence-electron chi connectivity index (χ1n) is 4.70. The van der Waals surface area contributed by atoms with Gasteiger partial charge in [0.05, 0.1) is 0 Å². The molecule has 72 valence electrons. The molecule has 0 aromatic heterocycles. The van der Waals surface area contributed by atoms with E-state index >= 15 is 0 Å². The second kappa shape index (κ2) is 4.80. The fraction of sp³-hybridized carbons (Fsp3) is 0.600. The molecule has 1 heterocycles. The molecule has 1 aliphatic rings. The van der Waals surface area contributed by atoms with Crippen molar-refractivity contribution in [3.05, 3.63) is 23.1 Å². The Morgan fingerprint density at radius 2 is 2.38 bits per heavy atom. The van der Waals surface area contributed by atoms with Crippen molar-refractivity contribution in [2.75, 3.05) is 6.61 Å². The Kier molecular flexibility index (Phi) is 3.68. The molecule has 0 saturated carbocycles. The highest BCUT2D eigenvalue weighted by molar-refractivity contribution is 5.33. The summed E-state index contributed by atoms with van der Waals surface area (Å²) < 4.78 is 5.20. The van der Waals surface area contributed by atoms with Gasteiger partial charge >= 0.3 is 0 Å². The van der Waals surface area contributed by atoms with E-state index in [0.29, 0.717) is 12.5 Å². The molecule has 1 aliphatic heterocycles. The van der Waals surface area contributed by atoms with Crippen molar-refractivity contribution in [3.8, 4) is 0 Å². The number of hydrogen-bond acceptors (Lipinski definition) is 3. The van der Waals surface area contributed by atoms with Crippen LogP contribution in [-0.2, 0) is 4.74 Å². The minimum absolute atomic E-state index is 0.480. The van der Waals surface area contributed by atoms with Crippen LogP contribution in [0, 0.1) is 5.53 Å². The maximum absolute atomic E-state index is 6.91. The van der Waals surface area contributed by atoms with Gasteiger partial charge in [-0.2, -0.15) is 0 Å². The second-order valence-electron chi connectivity index (χ2n) is 3.19. The second-order valence-corrected chi connectivity index (χ2v) is 3.19. The largest absolute Gasteiger partial charge is 0.472 e. The molecular formula is C10H16N2O. The molecule has 0 aromatic rings. The van der Waals surface area contributed by atoms with E-state index in [1.165, 1.54) is 18.4 Å². The number of ether oxygens (including phenoxy) is 1. The van der Waals surface area contributed by atoms with Crippen molar-refractivity contribution < 1.29 is 4.74 Å². The summed E-state index contributed by atoms with van der Waals surface area (Å²) in [6, 6.07) is 0. The van der Waals surface area contributed by atoms with Crippen LogP contribution in [0.1, 0.15) is 33.1 Å². The predicted molar refractivity (Wildman–Crippen MR) is 51.4 cm³/mol. The summed E-state index contributed by atoms with van der Waals surface area (Å²) in [5.74, 6) is 0.480. The average Bonchev–Trinajstić information content (AvgIpc) is 2.16. The van der Waals surface area contributed by atoms with Crippen molar-refractivity contribution in [2.45, 2.75) is 33.1 Å². The fourth-order valence-corrected chi connectivity index (χ4v) is 1.39. The molecule has 3 heteroatoms. The van der Waals surface area contributed by atoms with Crippen LogP contribution in [0.25, 0.3) is 0 Å². The molecule has 0 atom stereocenters. The zero-order chi connectivity index (χ0) is 9.68. The van der Waals surface area contributed by atoms with Gasteiger partial charge in [0, 0.05) is 5.57 Å². The van der Waals surface area contributed by atoms with Gasteiger partial charge in [0.15, 0.2) is 0 Å². The molecule has 3 nitrogen and oxygen atoms in total. The van der Waals surface area contributed by atoms with Gasteiger partial charge in [0.25, 0.3) is 0 Å². The van der Waals surface area contributed by atoms with Crippen molar-refractivity contribution >= 4 is 0 Å². The smallest absolute Gasteiger partial charge is 0.236 e. The Morgan fingerprint density at radius 3 is 3.00 bits per heavy atom. The lowest BCUT2D eigenvalue weighted by molar-refractivity contribution is 0.229. The quantitative estimate of drug-likeness (QED) is 0.662. The van der Waals surface area contributed by atoms with E-state index in [0.717, 1.165) is 12.0 Å². The van der Waals surface area contributed by atoms with Gasteiger partial charge in [-0.25, -0.2) is 5.53 Å². The maximum Gasteiger partial charge on any atom is 0.236 e. The number of hydrogen-bond donors (Lipinski definition) is 1. The maximum atomic E-state index is 6.91. The molecule has 13 heavy (non-hydrogen) atoms. The third-order valence-electron chi connectivity index (χ3n) is 2.25. The number of rotatable bonds is 4. The van der Waals surface area contributed by atoms with Crippen LogP contribution in [0.5, 0.6) is 0 Å². The first kappa shape index (κ1) is 9.96. The van der Waals surface area contributed by atoms with Crippen LogP contribution in [0.3, 0.4) is 0 Å². The van der Waals surface area contributed by atoms with E-state index in [9.17, 15) is 0 Å². The zero-order valence-electron chi connectivity index (χ0n) is 8.26. The first-order valence-corrected chi connectivity index (χ1v) is 4.70. The van der Waals surface area contributed by atoms with E-state index in [1.807, 2.05) is 6.92 Å². The molecule has 0 amide bonds. The lowest BCUT2D eigenvalue weighted by atomic mass is 10.0. The van der Waals surface area contributed by atoms with Gasteiger partial charge in [0.1, 0.15) is 6.61 Å². The van der Waals surface area contributed by atoms with E-state index in [2.05, 4.69) is 18.1 Å². The van der Waals surface area contributed by atoms with Gasteiger partial charge in [-0.15, -0.1) is 5.11 Å². The van der Waals surface area contributed by atoms with Crippen LogP contribution in [-0.4, -0.2) is 6.61 Å². The Labute approximate surface area is 79.0 Å². The number of nitrogens with one attached hydrogen (secondary N) is 1. The first-order chi connectivity index (χ1) is 6.29. The summed E-state index contributed by atoms with van der Waals surface area (Å²) in [6.07, 6.45) is 5.54. The van der Waals surface area contributed by atoms with Crippen LogP contribution >= 0.6 is 0 Å². The number of allylic oxidation sites excluding steroid dienone is 2. The van der Waals surface area contributed by atoms with Gasteiger partial charge in [0.2, 0.25) is 5.88 Å². The Morgan fingerprint density at radius 1 is 1.62 bits per heavy atom. The minimum Gasteiger partial charge on any atom is -0.472 e. The lowest BCUT2D eigenvalue weighted by Gasteiger charge is -2.16. The van der Waals surface area contributed by atoms with Crippen LogP contribution in [0.15, 0.2) is 28.2 Å². The zero-order valence-corrected chi connectivity index (χ0v) is 8.26. The topological polar surface area (TPSA) is 45.4 Å². The number of nitrogens with zero attached hydrogens (tertiary/aromatic N) is 1. The Balaban J connectivity index is 2.68. The molecular weight excluding hydrogens is 164 g/mol. The van der Waals surface area contributed by atoms with E-state index in [1.54, 1.807) is 0 Å². The monoisotopic (exact) mass is 180 g/mol. The molecule has 0 aromatic carbocycles. The summed E-state index contributed by atoms with van der Waals surface area (Å²) >= 11 is 0. The lowest BCUT2D eigenvalue weighted by Crippen LogP contribution is -2.03. The summed E-state index contributed by atoms with van der Waals surface area (Å²) in [7, 11) is 0. The average molecular weight is 180 g/mol. The molecule has 1 N–H and O–H groups in total. The fourth-order valence-electron chi connectivity index (χ4n) is 1.39. The summed E-state index contributed by atoms with van der Waals surface area (Å²) in [5.41, 5.74) is 9.22. The van der Waals surface area contributed by atoms with Crippen molar-refractivity contribution in [1.29, 1.82) is 5.53 Å². The third kappa shape index (κ3) is 2.41. The summed E-state index contributed by atoms with van der Waals surface area (Å²) in [6.45, 7) is 4.71. The van der Waals surface area contributed by atoms with E-state index in [4.69, 9.17) is 10.3 Å². The molecule has 0 spiro atoms. The molecule has 0 saturated heterocycles. The highest BCUT2D eigenvalue weighted by Gasteiger charge is 2.12. The molecule has 0 unspecified atom stereocenters. The Hall–Kier alpha value is -1.12. The molecule has 1 rings (SSSR count). The van der Waals surface area contributed by atoms with Gasteiger partial charge in [-0.1, -0.05) is 13.3 Å². The highest BCUT2D eigenvalue weighted by Crippen LogP contribution is 2.24. The van der Waals surface area contributed by atoms with Gasteiger partial charge in [-0.3, -0.25) is 0 Å². The van der Waals surface area contributed by atoms with Crippen LogP contribution < -0.4 is 0 Å². The minimum atomic E-state index is 0.480. The van der Waals surface area contributed by atoms with Crippen molar-refractivity contribution in [2.24, 2.45) is 5.11 Å². The number of unbranched alkanes of at least 4 members (excludes halogenated alkanes) is 1. The van der Waals surface area contributed by atoms with E-state index in [-0.39, 0.29) is 0 Å². The SMILES string of the molecule is CCCCC1=CCOC(N=N)=C1C. The van der Waals surface area contributed by atoms with Gasteiger partial charge < -0.3 is 4.74 Å². The van der Waals surface area contributed by atoms with E-state index < -0.39 is 0 Å². The van der Waals surface area contributed by atoms with Crippen molar-refractivity contribution in [1.82, 2.24) is 0 Å². The normalized spacial score (nSPS) is 16.6. The van der Waals surface area contributed by atoms with Crippen LogP contribution in [0.2, 0.25) is 0 Å². The van der Waals surface area contributed by atoms with Gasteiger partial charge in [-0.05, 0) is 31.4 Å². The third-order valence-corrected chi connectivity index (χ3v) is 2.25. The standard InChI is InChI=1S/C10H16N2O/c1-3-4-5-9-6-7-13-10(12-11)8(9)2/h6,11H,3-5,7H2,1-2H3. The predicted octanol–water partition coefficient (Wildman–Crippen LogP) is 3.40. The molecule has 0 bridgehead atoms. The Bertz CT molecular complexity index is 254. The molecule has 0 fully saturated rings. The molecule has 0 radical (unpaired) electrons.